The number of halogens is 3. The Labute approximate surface area is 256 Å². The molecule has 11 nitrogen and oxygen atoms in total. The standard InChI is InChI=1S/C29H35F3N8O3S/c1-38(2)13-7-6-8-20(26(43)39(3)4)34-24(41)16-33-25(42)17-9-12-22-21(14-17)35-27(40(22)5)37-28-36-19-11-10-18(29(30,31)32)15-23(19)44-28/h9-12,14-15,20H,6-8,13,16H2,1-5H3,(H,33,42)(H,34,41)(H,35,36,37)/t20-/m0/s1. The second-order valence-electron chi connectivity index (χ2n) is 10.9. The topological polar surface area (TPSA) is 124 Å². The zero-order valence-corrected chi connectivity index (χ0v) is 25.9. The van der Waals surface area contributed by atoms with E-state index >= 15 is 0 Å². The van der Waals surface area contributed by atoms with Crippen molar-refractivity contribution in [1.82, 2.24) is 35.0 Å². The molecule has 44 heavy (non-hydrogen) atoms. The number of fused-ring (bicyclic) bond motifs is 2. The molecule has 236 valence electrons. The van der Waals surface area contributed by atoms with Gasteiger partial charge in [0, 0.05) is 26.7 Å². The molecule has 0 fully saturated rings. The first-order valence-electron chi connectivity index (χ1n) is 13.9. The van der Waals surface area contributed by atoms with Gasteiger partial charge in [-0.1, -0.05) is 11.3 Å². The van der Waals surface area contributed by atoms with E-state index in [2.05, 4.69) is 30.8 Å². The van der Waals surface area contributed by atoms with Crippen LogP contribution in [-0.2, 0) is 22.8 Å². The molecule has 2 aromatic heterocycles. The SMILES string of the molecule is CN(C)CCCC[C@H](NC(=O)CNC(=O)c1ccc2c(c1)nc(Nc1nc3ccc(C(F)(F)F)cc3s1)n2C)C(=O)N(C)C. The third-order valence-corrected chi connectivity index (χ3v) is 7.84. The fourth-order valence-corrected chi connectivity index (χ4v) is 5.46. The van der Waals surface area contributed by atoms with E-state index in [0.29, 0.717) is 38.8 Å². The van der Waals surface area contributed by atoms with Crippen LogP contribution in [0.15, 0.2) is 36.4 Å². The molecule has 0 saturated carbocycles. The quantitative estimate of drug-likeness (QED) is 0.202. The van der Waals surface area contributed by atoms with Gasteiger partial charge in [-0.3, -0.25) is 14.4 Å². The minimum atomic E-state index is -4.45. The van der Waals surface area contributed by atoms with E-state index in [4.69, 9.17) is 0 Å². The number of anilines is 2. The van der Waals surface area contributed by atoms with E-state index in [9.17, 15) is 27.6 Å². The van der Waals surface area contributed by atoms with Crippen LogP contribution in [0.3, 0.4) is 0 Å². The van der Waals surface area contributed by atoms with E-state index in [0.717, 1.165) is 42.9 Å². The van der Waals surface area contributed by atoms with Gasteiger partial charge in [0.1, 0.15) is 6.04 Å². The minimum Gasteiger partial charge on any atom is -0.347 e. The Morgan fingerprint density at radius 2 is 1.75 bits per heavy atom. The van der Waals surface area contributed by atoms with Gasteiger partial charge in [-0.05, 0) is 76.3 Å². The third-order valence-electron chi connectivity index (χ3n) is 6.91. The number of nitrogens with zero attached hydrogens (tertiary/aromatic N) is 5. The highest BCUT2D eigenvalue weighted by atomic mass is 32.1. The number of hydrogen-bond acceptors (Lipinski definition) is 8. The molecule has 0 spiro atoms. The van der Waals surface area contributed by atoms with Crippen LogP contribution in [0.5, 0.6) is 0 Å². The average molecular weight is 633 g/mol. The number of imidazole rings is 1. The summed E-state index contributed by atoms with van der Waals surface area (Å²) >= 11 is 1.07. The zero-order chi connectivity index (χ0) is 32.2. The summed E-state index contributed by atoms with van der Waals surface area (Å²) in [4.78, 5) is 50.5. The molecule has 1 atom stereocenters. The number of aryl methyl sites for hydroxylation is 1. The highest BCUT2D eigenvalue weighted by molar-refractivity contribution is 7.22. The number of benzene rings is 2. The van der Waals surface area contributed by atoms with E-state index in [1.165, 1.54) is 11.0 Å². The van der Waals surface area contributed by atoms with Crippen LogP contribution < -0.4 is 16.0 Å². The molecule has 15 heteroatoms. The van der Waals surface area contributed by atoms with Crippen molar-refractivity contribution in [2.24, 2.45) is 7.05 Å². The number of rotatable bonds is 12. The Morgan fingerprint density at radius 3 is 2.43 bits per heavy atom. The molecule has 0 bridgehead atoms. The largest absolute Gasteiger partial charge is 0.416 e. The number of nitrogens with one attached hydrogen (secondary N) is 3. The summed E-state index contributed by atoms with van der Waals surface area (Å²) in [7, 11) is 8.95. The van der Waals surface area contributed by atoms with Crippen LogP contribution in [0.2, 0.25) is 0 Å². The monoisotopic (exact) mass is 632 g/mol. The summed E-state index contributed by atoms with van der Waals surface area (Å²) in [5, 5.41) is 8.74. The van der Waals surface area contributed by atoms with Crippen LogP contribution >= 0.6 is 11.3 Å². The number of aromatic nitrogens is 3. The van der Waals surface area contributed by atoms with Crippen molar-refractivity contribution < 1.29 is 27.6 Å². The van der Waals surface area contributed by atoms with Gasteiger partial charge < -0.3 is 30.3 Å². The first-order valence-corrected chi connectivity index (χ1v) is 14.7. The van der Waals surface area contributed by atoms with Gasteiger partial charge in [-0.15, -0.1) is 0 Å². The van der Waals surface area contributed by atoms with Crippen molar-refractivity contribution in [3.05, 3.63) is 47.5 Å². The molecule has 0 saturated heterocycles. The van der Waals surface area contributed by atoms with Crippen molar-refractivity contribution in [3.63, 3.8) is 0 Å². The molecule has 0 aliphatic heterocycles. The Kier molecular flexibility index (Phi) is 10.1. The van der Waals surface area contributed by atoms with Crippen LogP contribution in [0, 0.1) is 0 Å². The highest BCUT2D eigenvalue weighted by Gasteiger charge is 2.31. The van der Waals surface area contributed by atoms with Crippen LogP contribution in [0.1, 0.15) is 35.2 Å². The van der Waals surface area contributed by atoms with Gasteiger partial charge in [0.25, 0.3) is 5.91 Å². The summed E-state index contributed by atoms with van der Waals surface area (Å²) < 4.78 is 41.4. The summed E-state index contributed by atoms with van der Waals surface area (Å²) in [5.41, 5.74) is 1.14. The number of carbonyl (C=O) groups excluding carboxylic acids is 3. The number of thiazole rings is 1. The lowest BCUT2D eigenvalue weighted by atomic mass is 10.1. The highest BCUT2D eigenvalue weighted by Crippen LogP contribution is 2.35. The summed E-state index contributed by atoms with van der Waals surface area (Å²) in [6.07, 6.45) is -2.32. The van der Waals surface area contributed by atoms with Gasteiger partial charge in [0.2, 0.25) is 17.8 Å². The van der Waals surface area contributed by atoms with Crippen molar-refractivity contribution in [1.29, 1.82) is 0 Å². The zero-order valence-electron chi connectivity index (χ0n) is 25.1. The molecule has 4 aromatic rings. The molecule has 3 N–H and O–H groups in total. The van der Waals surface area contributed by atoms with E-state index < -0.39 is 29.6 Å². The minimum absolute atomic E-state index is 0.212. The molecule has 2 aromatic carbocycles. The normalized spacial score (nSPS) is 12.5. The van der Waals surface area contributed by atoms with Crippen molar-refractivity contribution in [3.8, 4) is 0 Å². The van der Waals surface area contributed by atoms with Gasteiger partial charge in [0.15, 0.2) is 5.13 Å². The smallest absolute Gasteiger partial charge is 0.347 e. The Balaban J connectivity index is 1.39. The summed E-state index contributed by atoms with van der Waals surface area (Å²) in [6.45, 7) is 0.563. The van der Waals surface area contributed by atoms with Gasteiger partial charge >= 0.3 is 6.18 Å². The Hall–Kier alpha value is -4.24. The lowest BCUT2D eigenvalue weighted by Crippen LogP contribution is -2.49. The number of unbranched alkanes of at least 4 members (excludes halogenated alkanes) is 1. The van der Waals surface area contributed by atoms with E-state index in [-0.39, 0.29) is 18.0 Å². The number of carbonyl (C=O) groups is 3. The van der Waals surface area contributed by atoms with E-state index in [1.54, 1.807) is 43.9 Å². The van der Waals surface area contributed by atoms with Crippen LogP contribution in [-0.4, -0.2) is 89.4 Å². The Bertz CT molecular complexity index is 1660. The molecular formula is C29H35F3N8O3S. The fraction of sp³-hybridized carbons (Fsp3) is 0.414. The lowest BCUT2D eigenvalue weighted by molar-refractivity contribution is -0.137. The molecule has 0 aliphatic carbocycles. The molecule has 3 amide bonds. The number of amides is 3. The van der Waals surface area contributed by atoms with Crippen molar-refractivity contribution >= 4 is 61.4 Å². The van der Waals surface area contributed by atoms with Crippen molar-refractivity contribution in [2.45, 2.75) is 31.5 Å². The molecule has 4 rings (SSSR count). The van der Waals surface area contributed by atoms with Crippen molar-refractivity contribution in [2.75, 3.05) is 46.6 Å². The lowest BCUT2D eigenvalue weighted by Gasteiger charge is -2.22. The van der Waals surface area contributed by atoms with Gasteiger partial charge in [-0.25, -0.2) is 9.97 Å². The predicted octanol–water partition coefficient (Wildman–Crippen LogP) is 3.98. The number of alkyl halides is 3. The maximum absolute atomic E-state index is 13.1. The second kappa shape index (κ2) is 13.6. The average Bonchev–Trinajstić information content (AvgIpc) is 3.51. The molecule has 0 aliphatic rings. The van der Waals surface area contributed by atoms with Crippen LogP contribution in [0.4, 0.5) is 24.3 Å². The Morgan fingerprint density at radius 1 is 1.00 bits per heavy atom. The van der Waals surface area contributed by atoms with Gasteiger partial charge in [0.05, 0.1) is 33.4 Å². The third kappa shape index (κ3) is 8.02. The maximum atomic E-state index is 13.1. The maximum Gasteiger partial charge on any atom is 0.416 e. The number of likely N-dealkylation sites (N-methyl/N-ethyl adjacent to an activating group) is 1. The van der Waals surface area contributed by atoms with Gasteiger partial charge in [-0.2, -0.15) is 13.2 Å². The molecule has 0 unspecified atom stereocenters. The molecule has 0 radical (unpaired) electrons. The predicted molar refractivity (Wildman–Crippen MR) is 164 cm³/mol. The first-order chi connectivity index (χ1) is 20.7. The second-order valence-corrected chi connectivity index (χ2v) is 11.9. The van der Waals surface area contributed by atoms with E-state index in [1.807, 2.05) is 14.1 Å². The fourth-order valence-electron chi connectivity index (χ4n) is 4.56. The summed E-state index contributed by atoms with van der Waals surface area (Å²) in [5.74, 6) is -0.796. The summed E-state index contributed by atoms with van der Waals surface area (Å²) in [6, 6.07) is 7.57. The molecular weight excluding hydrogens is 597 g/mol. The first kappa shape index (κ1) is 32.7. The van der Waals surface area contributed by atoms with Crippen LogP contribution in [0.25, 0.3) is 21.3 Å². The number of hydrogen-bond donors (Lipinski definition) is 3. The molecule has 2 heterocycles.